The van der Waals surface area contributed by atoms with E-state index in [-0.39, 0.29) is 0 Å². The first-order valence-corrected chi connectivity index (χ1v) is 7.10. The van der Waals surface area contributed by atoms with Gasteiger partial charge in [0.25, 0.3) is 0 Å². The summed E-state index contributed by atoms with van der Waals surface area (Å²) >= 11 is 0. The molecule has 0 aliphatic heterocycles. The third kappa shape index (κ3) is 15.9. The summed E-state index contributed by atoms with van der Waals surface area (Å²) in [4.78, 5) is 2.24. The molecule has 0 aromatic carbocycles. The van der Waals surface area contributed by atoms with Gasteiger partial charge in [0.15, 0.2) is 0 Å². The molecule has 104 valence electrons. The minimum Gasteiger partial charge on any atom is -0.396 e. The fourth-order valence-electron chi connectivity index (χ4n) is 1.76. The van der Waals surface area contributed by atoms with Crippen molar-refractivity contribution in [2.24, 2.45) is 0 Å². The molecule has 0 radical (unpaired) electrons. The molecule has 0 bridgehead atoms. The highest BCUT2D eigenvalue weighted by Crippen LogP contribution is 2.02. The smallest absolute Gasteiger partial charge is 0.0466 e. The molecule has 0 aromatic rings. The number of rotatable bonds is 13. The minimum atomic E-state index is 0.327. The number of ether oxygens (including phenoxy) is 1. The summed E-state index contributed by atoms with van der Waals surface area (Å²) < 4.78 is 5.57. The first-order chi connectivity index (χ1) is 8.27. The summed E-state index contributed by atoms with van der Waals surface area (Å²) in [5.74, 6) is 0. The van der Waals surface area contributed by atoms with Crippen LogP contribution in [0.15, 0.2) is 0 Å². The van der Waals surface area contributed by atoms with Crippen molar-refractivity contribution in [3.05, 3.63) is 0 Å². The second-order valence-corrected chi connectivity index (χ2v) is 4.97. The van der Waals surface area contributed by atoms with Gasteiger partial charge in [-0.2, -0.15) is 0 Å². The van der Waals surface area contributed by atoms with Gasteiger partial charge < -0.3 is 14.7 Å². The molecule has 0 atom stereocenters. The Kier molecular flexibility index (Phi) is 13.8. The SMILES string of the molecule is CN(C)CCCCCCOCCCCCCO. The van der Waals surface area contributed by atoms with Crippen LogP contribution < -0.4 is 0 Å². The van der Waals surface area contributed by atoms with E-state index in [1.54, 1.807) is 0 Å². The van der Waals surface area contributed by atoms with Crippen LogP contribution in [-0.4, -0.2) is 50.5 Å². The normalized spacial score (nSPS) is 11.3. The van der Waals surface area contributed by atoms with Crippen LogP contribution in [0.25, 0.3) is 0 Å². The highest BCUT2D eigenvalue weighted by atomic mass is 16.5. The number of nitrogens with zero attached hydrogens (tertiary/aromatic N) is 1. The largest absolute Gasteiger partial charge is 0.396 e. The first-order valence-electron chi connectivity index (χ1n) is 7.10. The molecular formula is C14H31NO2. The molecule has 0 spiro atoms. The second kappa shape index (κ2) is 13.9. The molecule has 0 heterocycles. The van der Waals surface area contributed by atoms with Gasteiger partial charge >= 0.3 is 0 Å². The Morgan fingerprint density at radius 2 is 1.29 bits per heavy atom. The van der Waals surface area contributed by atoms with E-state index in [1.165, 1.54) is 38.6 Å². The van der Waals surface area contributed by atoms with Crippen LogP contribution in [0.2, 0.25) is 0 Å². The van der Waals surface area contributed by atoms with E-state index < -0.39 is 0 Å². The van der Waals surface area contributed by atoms with Crippen LogP contribution in [0.1, 0.15) is 51.4 Å². The fourth-order valence-corrected chi connectivity index (χ4v) is 1.76. The second-order valence-electron chi connectivity index (χ2n) is 4.97. The molecule has 0 rings (SSSR count). The molecule has 0 amide bonds. The molecule has 0 saturated heterocycles. The number of hydrogen-bond donors (Lipinski definition) is 1. The van der Waals surface area contributed by atoms with E-state index in [2.05, 4.69) is 19.0 Å². The van der Waals surface area contributed by atoms with Crippen LogP contribution in [0, 0.1) is 0 Å². The van der Waals surface area contributed by atoms with Gasteiger partial charge in [0.05, 0.1) is 0 Å². The number of unbranched alkanes of at least 4 members (excludes halogenated alkanes) is 6. The summed E-state index contributed by atoms with van der Waals surface area (Å²) in [6.07, 6.45) is 9.49. The first kappa shape index (κ1) is 16.9. The lowest BCUT2D eigenvalue weighted by Crippen LogP contribution is -2.12. The minimum absolute atomic E-state index is 0.327. The van der Waals surface area contributed by atoms with Gasteiger partial charge in [-0.05, 0) is 46.3 Å². The predicted molar refractivity (Wildman–Crippen MR) is 73.4 cm³/mol. The summed E-state index contributed by atoms with van der Waals surface area (Å²) in [7, 11) is 4.25. The summed E-state index contributed by atoms with van der Waals surface area (Å²) in [5, 5.41) is 8.61. The third-order valence-corrected chi connectivity index (χ3v) is 2.84. The van der Waals surface area contributed by atoms with Gasteiger partial charge in [0, 0.05) is 19.8 Å². The highest BCUT2D eigenvalue weighted by molar-refractivity contribution is 4.47. The van der Waals surface area contributed by atoms with Crippen molar-refractivity contribution in [1.29, 1.82) is 0 Å². The van der Waals surface area contributed by atoms with Crippen LogP contribution in [0.5, 0.6) is 0 Å². The molecule has 0 fully saturated rings. The van der Waals surface area contributed by atoms with Crippen LogP contribution in [0.3, 0.4) is 0 Å². The lowest BCUT2D eigenvalue weighted by Gasteiger charge is -2.08. The van der Waals surface area contributed by atoms with E-state index in [0.29, 0.717) is 6.61 Å². The molecule has 0 aromatic heterocycles. The molecule has 1 N–H and O–H groups in total. The number of aliphatic hydroxyl groups excluding tert-OH is 1. The Morgan fingerprint density at radius 1 is 0.765 bits per heavy atom. The quantitative estimate of drug-likeness (QED) is 0.506. The zero-order chi connectivity index (χ0) is 12.8. The number of aliphatic hydroxyl groups is 1. The van der Waals surface area contributed by atoms with Gasteiger partial charge in [-0.15, -0.1) is 0 Å². The van der Waals surface area contributed by atoms with Crippen molar-refractivity contribution in [3.63, 3.8) is 0 Å². The lowest BCUT2D eigenvalue weighted by molar-refractivity contribution is 0.125. The van der Waals surface area contributed by atoms with Gasteiger partial charge in [-0.1, -0.05) is 25.7 Å². The Balaban J connectivity index is 2.89. The van der Waals surface area contributed by atoms with E-state index in [4.69, 9.17) is 9.84 Å². The van der Waals surface area contributed by atoms with Gasteiger partial charge in [0.1, 0.15) is 0 Å². The highest BCUT2D eigenvalue weighted by Gasteiger charge is 1.93. The van der Waals surface area contributed by atoms with Gasteiger partial charge in [-0.3, -0.25) is 0 Å². The monoisotopic (exact) mass is 245 g/mol. The van der Waals surface area contributed by atoms with E-state index in [0.717, 1.165) is 32.5 Å². The van der Waals surface area contributed by atoms with Crippen LogP contribution in [-0.2, 0) is 4.74 Å². The van der Waals surface area contributed by atoms with Crippen molar-refractivity contribution in [1.82, 2.24) is 4.90 Å². The molecule has 0 aliphatic rings. The zero-order valence-electron chi connectivity index (χ0n) is 11.8. The maximum atomic E-state index is 8.61. The van der Waals surface area contributed by atoms with Crippen molar-refractivity contribution in [3.8, 4) is 0 Å². The Bertz CT molecular complexity index is 140. The Hall–Kier alpha value is -0.120. The standard InChI is InChI=1S/C14H31NO2/c1-15(2)11-7-3-5-9-13-17-14-10-6-4-8-12-16/h16H,3-14H2,1-2H3. The molecule has 3 nitrogen and oxygen atoms in total. The predicted octanol–water partition coefficient (Wildman–Crippen LogP) is 2.68. The van der Waals surface area contributed by atoms with Crippen molar-refractivity contribution in [2.45, 2.75) is 51.4 Å². The van der Waals surface area contributed by atoms with Gasteiger partial charge in [-0.25, -0.2) is 0 Å². The molecule has 0 saturated carbocycles. The molecule has 17 heavy (non-hydrogen) atoms. The zero-order valence-corrected chi connectivity index (χ0v) is 11.8. The van der Waals surface area contributed by atoms with Crippen LogP contribution >= 0.6 is 0 Å². The van der Waals surface area contributed by atoms with Crippen LogP contribution in [0.4, 0.5) is 0 Å². The third-order valence-electron chi connectivity index (χ3n) is 2.84. The molecular weight excluding hydrogens is 214 g/mol. The molecule has 0 aliphatic carbocycles. The van der Waals surface area contributed by atoms with Crippen molar-refractivity contribution >= 4 is 0 Å². The number of hydrogen-bond acceptors (Lipinski definition) is 3. The Morgan fingerprint density at radius 3 is 1.82 bits per heavy atom. The van der Waals surface area contributed by atoms with E-state index >= 15 is 0 Å². The van der Waals surface area contributed by atoms with Gasteiger partial charge in [0.2, 0.25) is 0 Å². The van der Waals surface area contributed by atoms with E-state index in [9.17, 15) is 0 Å². The Labute approximate surface area is 107 Å². The lowest BCUT2D eigenvalue weighted by atomic mass is 10.2. The molecule has 3 heteroatoms. The summed E-state index contributed by atoms with van der Waals surface area (Å²) in [6.45, 7) is 3.34. The summed E-state index contributed by atoms with van der Waals surface area (Å²) in [6, 6.07) is 0. The fraction of sp³-hybridized carbons (Fsp3) is 1.00. The maximum absolute atomic E-state index is 8.61. The average molecular weight is 245 g/mol. The van der Waals surface area contributed by atoms with Crippen molar-refractivity contribution in [2.75, 3.05) is 40.5 Å². The summed E-state index contributed by atoms with van der Waals surface area (Å²) in [5.41, 5.74) is 0. The van der Waals surface area contributed by atoms with Crippen molar-refractivity contribution < 1.29 is 9.84 Å². The maximum Gasteiger partial charge on any atom is 0.0466 e. The average Bonchev–Trinajstić information content (AvgIpc) is 2.30. The van der Waals surface area contributed by atoms with E-state index in [1.807, 2.05) is 0 Å². The molecule has 0 unspecified atom stereocenters. The topological polar surface area (TPSA) is 32.7 Å².